The maximum Gasteiger partial charge on any atom is 0.414 e. The van der Waals surface area contributed by atoms with Gasteiger partial charge in [-0.1, -0.05) is 65.2 Å². The van der Waals surface area contributed by atoms with Crippen LogP contribution in [0.25, 0.3) is 0 Å². The molecule has 0 amide bonds. The van der Waals surface area contributed by atoms with Crippen LogP contribution in [-0.4, -0.2) is 57.6 Å². The second-order valence-corrected chi connectivity index (χ2v) is 7.27. The van der Waals surface area contributed by atoms with Crippen LogP contribution in [0.3, 0.4) is 0 Å². The van der Waals surface area contributed by atoms with E-state index in [-0.39, 0.29) is 6.10 Å². The molecule has 0 bridgehead atoms. The number of carbonyl (C=O) groups is 2. The largest absolute Gasteiger partial charge is 0.473 e. The van der Waals surface area contributed by atoms with Gasteiger partial charge in [0.1, 0.15) is 0 Å². The van der Waals surface area contributed by atoms with E-state index < -0.39 is 11.9 Å². The van der Waals surface area contributed by atoms with Crippen LogP contribution in [0.4, 0.5) is 0 Å². The number of aromatic nitrogens is 2. The molecule has 2 N–H and O–H groups in total. The molecule has 0 aromatic carbocycles. The van der Waals surface area contributed by atoms with Gasteiger partial charge in [0.05, 0.1) is 25.6 Å². The first-order valence-corrected chi connectivity index (χ1v) is 11.1. The summed E-state index contributed by atoms with van der Waals surface area (Å²) in [4.78, 5) is 22.3. The average molecular weight is 429 g/mol. The topological polar surface area (TPSA) is 111 Å². The Morgan fingerprint density at radius 2 is 1.47 bits per heavy atom. The first-order valence-electron chi connectivity index (χ1n) is 11.1. The molecule has 174 valence electrons. The minimum absolute atomic E-state index is 0.126. The van der Waals surface area contributed by atoms with Crippen LogP contribution in [-0.2, 0) is 25.6 Å². The molecule has 0 aliphatic heterocycles. The van der Waals surface area contributed by atoms with E-state index >= 15 is 0 Å². The predicted molar refractivity (Wildman–Crippen MR) is 116 cm³/mol. The number of ether oxygens (including phenoxy) is 2. The first kappa shape index (κ1) is 28.1. The predicted octanol–water partition coefficient (Wildman–Crippen LogP) is 4.38. The fraction of sp³-hybridized carbons (Fsp3) is 0.773. The first-order chi connectivity index (χ1) is 14.5. The maximum atomic E-state index is 9.10. The number of rotatable bonds is 17. The van der Waals surface area contributed by atoms with E-state index in [0.717, 1.165) is 32.6 Å². The second kappa shape index (κ2) is 20.3. The van der Waals surface area contributed by atoms with Gasteiger partial charge < -0.3 is 24.3 Å². The van der Waals surface area contributed by atoms with E-state index in [0.29, 0.717) is 6.61 Å². The molecule has 1 atom stereocenters. The van der Waals surface area contributed by atoms with Gasteiger partial charge in [0.25, 0.3) is 0 Å². The van der Waals surface area contributed by atoms with Crippen LogP contribution in [0.15, 0.2) is 18.7 Å². The molecule has 1 aromatic rings. The second-order valence-electron chi connectivity index (χ2n) is 7.27. The highest BCUT2D eigenvalue weighted by molar-refractivity contribution is 6.27. The number of hydrogen-bond donors (Lipinski definition) is 2. The van der Waals surface area contributed by atoms with Crippen molar-refractivity contribution in [1.29, 1.82) is 0 Å². The Hall–Kier alpha value is -1.93. The van der Waals surface area contributed by atoms with Crippen LogP contribution in [0.2, 0.25) is 0 Å². The van der Waals surface area contributed by atoms with Crippen LogP contribution in [0.5, 0.6) is 0 Å². The van der Waals surface area contributed by atoms with Crippen molar-refractivity contribution in [3.8, 4) is 0 Å². The number of carboxylic acids is 2. The lowest BCUT2D eigenvalue weighted by atomic mass is 10.1. The summed E-state index contributed by atoms with van der Waals surface area (Å²) in [5.74, 6) is -3.65. The lowest BCUT2D eigenvalue weighted by molar-refractivity contribution is -0.159. The summed E-state index contributed by atoms with van der Waals surface area (Å²) in [5, 5.41) is 14.8. The molecule has 0 spiro atoms. The third kappa shape index (κ3) is 18.1. The molecular weight excluding hydrogens is 388 g/mol. The standard InChI is InChI=1S/C20H38N2O2.C2H2O4/c1-3-5-7-9-10-12-16-24-20(17-22-14-13-21-19-22)18-23-15-11-8-6-4-2;3-1(4)2(5)6/h13-14,19-20H,3-12,15-18H2,1-2H3;(H,3,4)(H,5,6). The van der Waals surface area contributed by atoms with E-state index in [9.17, 15) is 0 Å². The number of unbranched alkanes of at least 4 members (excludes halogenated alkanes) is 8. The van der Waals surface area contributed by atoms with Crippen molar-refractivity contribution < 1.29 is 29.3 Å². The normalized spacial score (nSPS) is 11.5. The van der Waals surface area contributed by atoms with Gasteiger partial charge in [-0.15, -0.1) is 0 Å². The monoisotopic (exact) mass is 428 g/mol. The molecule has 30 heavy (non-hydrogen) atoms. The Labute approximate surface area is 180 Å². The van der Waals surface area contributed by atoms with Gasteiger partial charge in [-0.05, 0) is 12.8 Å². The molecule has 1 aromatic heterocycles. The van der Waals surface area contributed by atoms with Crippen molar-refractivity contribution in [3.63, 3.8) is 0 Å². The average Bonchev–Trinajstić information content (AvgIpc) is 3.23. The molecule has 1 rings (SSSR count). The lowest BCUT2D eigenvalue weighted by Crippen LogP contribution is -2.26. The molecule has 8 nitrogen and oxygen atoms in total. The highest BCUT2D eigenvalue weighted by Gasteiger charge is 2.10. The fourth-order valence-electron chi connectivity index (χ4n) is 2.76. The molecule has 0 aliphatic carbocycles. The van der Waals surface area contributed by atoms with Crippen LogP contribution >= 0.6 is 0 Å². The van der Waals surface area contributed by atoms with Gasteiger partial charge in [-0.3, -0.25) is 0 Å². The smallest absolute Gasteiger partial charge is 0.414 e. The highest BCUT2D eigenvalue weighted by atomic mass is 16.5. The molecule has 1 unspecified atom stereocenters. The minimum Gasteiger partial charge on any atom is -0.473 e. The molecular formula is C22H40N2O6. The van der Waals surface area contributed by atoms with Crippen molar-refractivity contribution in [2.45, 2.75) is 90.7 Å². The summed E-state index contributed by atoms with van der Waals surface area (Å²) in [5.41, 5.74) is 0. The van der Waals surface area contributed by atoms with Crippen molar-refractivity contribution in [2.75, 3.05) is 19.8 Å². The fourth-order valence-corrected chi connectivity index (χ4v) is 2.76. The number of carboxylic acid groups (broad SMARTS) is 2. The molecule has 0 saturated heterocycles. The summed E-state index contributed by atoms with van der Waals surface area (Å²) >= 11 is 0. The minimum atomic E-state index is -1.82. The zero-order valence-electron chi connectivity index (χ0n) is 18.6. The van der Waals surface area contributed by atoms with E-state index in [1.54, 1.807) is 0 Å². The number of imidazole rings is 1. The van der Waals surface area contributed by atoms with Gasteiger partial charge in [0.15, 0.2) is 0 Å². The lowest BCUT2D eigenvalue weighted by Gasteiger charge is -2.19. The molecule has 0 aliphatic rings. The Bertz CT molecular complexity index is 510. The summed E-state index contributed by atoms with van der Waals surface area (Å²) in [6.07, 6.45) is 18.5. The number of hydrogen-bond acceptors (Lipinski definition) is 5. The third-order valence-corrected chi connectivity index (χ3v) is 4.45. The zero-order valence-corrected chi connectivity index (χ0v) is 18.6. The molecule has 0 saturated carbocycles. The summed E-state index contributed by atoms with van der Waals surface area (Å²) in [7, 11) is 0. The zero-order chi connectivity index (χ0) is 22.5. The molecule has 0 radical (unpaired) electrons. The van der Waals surface area contributed by atoms with Crippen LogP contribution in [0.1, 0.15) is 78.1 Å². The van der Waals surface area contributed by atoms with Gasteiger partial charge in [0.2, 0.25) is 0 Å². The van der Waals surface area contributed by atoms with Crippen molar-refractivity contribution in [3.05, 3.63) is 18.7 Å². The summed E-state index contributed by atoms with van der Waals surface area (Å²) in [6, 6.07) is 0. The van der Waals surface area contributed by atoms with E-state index in [1.165, 1.54) is 51.4 Å². The van der Waals surface area contributed by atoms with E-state index in [1.807, 2.05) is 18.7 Å². The number of aliphatic carboxylic acids is 2. The van der Waals surface area contributed by atoms with E-state index in [4.69, 9.17) is 29.3 Å². The van der Waals surface area contributed by atoms with Crippen LogP contribution < -0.4 is 0 Å². The third-order valence-electron chi connectivity index (χ3n) is 4.45. The maximum absolute atomic E-state index is 9.10. The number of nitrogens with zero attached hydrogens (tertiary/aromatic N) is 2. The van der Waals surface area contributed by atoms with Gasteiger partial charge in [-0.25, -0.2) is 14.6 Å². The van der Waals surface area contributed by atoms with Crippen molar-refractivity contribution >= 4 is 11.9 Å². The Morgan fingerprint density at radius 1 is 0.900 bits per heavy atom. The Kier molecular flexibility index (Phi) is 19.0. The quantitative estimate of drug-likeness (QED) is 0.280. The van der Waals surface area contributed by atoms with Crippen molar-refractivity contribution in [1.82, 2.24) is 9.55 Å². The van der Waals surface area contributed by atoms with Gasteiger partial charge in [0, 0.05) is 25.6 Å². The van der Waals surface area contributed by atoms with Crippen LogP contribution in [0, 0.1) is 0 Å². The Morgan fingerprint density at radius 3 is 2.03 bits per heavy atom. The van der Waals surface area contributed by atoms with E-state index in [2.05, 4.69) is 23.4 Å². The molecule has 0 fully saturated rings. The van der Waals surface area contributed by atoms with Gasteiger partial charge >= 0.3 is 11.9 Å². The molecule has 8 heteroatoms. The van der Waals surface area contributed by atoms with Gasteiger partial charge in [-0.2, -0.15) is 0 Å². The van der Waals surface area contributed by atoms with Crippen molar-refractivity contribution in [2.24, 2.45) is 0 Å². The molecule has 1 heterocycles. The summed E-state index contributed by atoms with van der Waals surface area (Å²) in [6.45, 7) is 7.68. The Balaban J connectivity index is 0.00000122. The SMILES string of the molecule is CCCCCCCCOC(COCCCCCC)Cn1ccnc1.O=C(O)C(=O)O. The summed E-state index contributed by atoms with van der Waals surface area (Å²) < 4.78 is 14.0. The highest BCUT2D eigenvalue weighted by Crippen LogP contribution is 2.07.